The Morgan fingerprint density at radius 1 is 1.10 bits per heavy atom. The predicted molar refractivity (Wildman–Crippen MR) is 81.2 cm³/mol. The summed E-state index contributed by atoms with van der Waals surface area (Å²) >= 11 is 5.94. The van der Waals surface area contributed by atoms with E-state index >= 15 is 0 Å². The van der Waals surface area contributed by atoms with E-state index in [0.717, 1.165) is 28.5 Å². The van der Waals surface area contributed by atoms with Crippen molar-refractivity contribution in [1.29, 1.82) is 0 Å². The van der Waals surface area contributed by atoms with Crippen LogP contribution in [0, 0.1) is 19.7 Å². The molecule has 0 aliphatic heterocycles. The minimum absolute atomic E-state index is 0.254. The second kappa shape index (κ2) is 5.30. The number of imidazole rings is 1. The topological polar surface area (TPSA) is 30.7 Å². The van der Waals surface area contributed by atoms with Crippen LogP contribution < -0.4 is 0 Å². The summed E-state index contributed by atoms with van der Waals surface area (Å²) in [6.45, 7) is 3.90. The van der Waals surface area contributed by atoms with Crippen molar-refractivity contribution in [3.63, 3.8) is 0 Å². The highest BCUT2D eigenvalue weighted by molar-refractivity contribution is 6.29. The zero-order chi connectivity index (χ0) is 15.0. The van der Waals surface area contributed by atoms with Crippen molar-refractivity contribution in [2.24, 2.45) is 0 Å². The summed E-state index contributed by atoms with van der Waals surface area (Å²) < 4.78 is 15.1. The number of hydrogen-bond donors (Lipinski definition) is 0. The average molecular weight is 302 g/mol. The summed E-state index contributed by atoms with van der Waals surface area (Å²) in [6, 6.07) is 10.0. The number of aryl methyl sites for hydroxylation is 1. The van der Waals surface area contributed by atoms with Crippen molar-refractivity contribution in [2.75, 3.05) is 0 Å². The van der Waals surface area contributed by atoms with Gasteiger partial charge in [0, 0.05) is 23.1 Å². The highest BCUT2D eigenvalue weighted by Gasteiger charge is 2.14. The van der Waals surface area contributed by atoms with Crippen molar-refractivity contribution in [3.8, 4) is 16.9 Å². The summed E-state index contributed by atoms with van der Waals surface area (Å²) in [7, 11) is 0. The zero-order valence-electron chi connectivity index (χ0n) is 11.6. The molecule has 3 aromatic rings. The van der Waals surface area contributed by atoms with E-state index in [-0.39, 0.29) is 5.82 Å². The largest absolute Gasteiger partial charge is 0.301 e. The molecule has 2 aromatic heterocycles. The van der Waals surface area contributed by atoms with Gasteiger partial charge in [0.25, 0.3) is 0 Å². The number of benzene rings is 1. The van der Waals surface area contributed by atoms with Crippen LogP contribution in [-0.2, 0) is 0 Å². The first-order valence-electron chi connectivity index (χ1n) is 6.50. The molecule has 0 spiro atoms. The average Bonchev–Trinajstić information content (AvgIpc) is 2.75. The molecule has 0 radical (unpaired) electrons. The SMILES string of the molecule is Cc1nc(-c2ccnc(Cl)c2)c(C)n1-c1ccc(F)cc1. The van der Waals surface area contributed by atoms with Gasteiger partial charge in [-0.25, -0.2) is 14.4 Å². The van der Waals surface area contributed by atoms with Gasteiger partial charge in [0.05, 0.1) is 5.69 Å². The van der Waals surface area contributed by atoms with Gasteiger partial charge >= 0.3 is 0 Å². The number of hydrogen-bond acceptors (Lipinski definition) is 2. The molecule has 5 heteroatoms. The summed E-state index contributed by atoms with van der Waals surface area (Å²) in [5, 5.41) is 0.431. The first-order valence-corrected chi connectivity index (χ1v) is 6.88. The quantitative estimate of drug-likeness (QED) is 0.659. The van der Waals surface area contributed by atoms with Gasteiger partial charge in [-0.3, -0.25) is 0 Å². The third-order valence-electron chi connectivity index (χ3n) is 3.36. The van der Waals surface area contributed by atoms with Crippen LogP contribution in [0.1, 0.15) is 11.5 Å². The molecule has 0 unspecified atom stereocenters. The Labute approximate surface area is 127 Å². The molecule has 0 aliphatic rings. The molecular weight excluding hydrogens is 289 g/mol. The molecule has 0 aliphatic carbocycles. The summed E-state index contributed by atoms with van der Waals surface area (Å²) in [5.74, 6) is 0.581. The molecule has 21 heavy (non-hydrogen) atoms. The van der Waals surface area contributed by atoms with Gasteiger partial charge in [-0.05, 0) is 50.2 Å². The number of pyridine rings is 1. The Hall–Kier alpha value is -2.20. The summed E-state index contributed by atoms with van der Waals surface area (Å²) in [6.07, 6.45) is 1.66. The molecule has 0 saturated heterocycles. The van der Waals surface area contributed by atoms with E-state index in [4.69, 9.17) is 11.6 Å². The fraction of sp³-hybridized carbons (Fsp3) is 0.125. The molecule has 0 amide bonds. The highest BCUT2D eigenvalue weighted by atomic mass is 35.5. The van der Waals surface area contributed by atoms with Crippen LogP contribution in [-0.4, -0.2) is 14.5 Å². The lowest BCUT2D eigenvalue weighted by Gasteiger charge is -2.08. The second-order valence-corrected chi connectivity index (χ2v) is 5.16. The minimum atomic E-state index is -0.254. The van der Waals surface area contributed by atoms with Crippen LogP contribution in [0.2, 0.25) is 5.15 Å². The highest BCUT2D eigenvalue weighted by Crippen LogP contribution is 2.27. The van der Waals surface area contributed by atoms with Gasteiger partial charge in [-0.15, -0.1) is 0 Å². The number of rotatable bonds is 2. The van der Waals surface area contributed by atoms with Crippen molar-refractivity contribution in [1.82, 2.24) is 14.5 Å². The van der Waals surface area contributed by atoms with E-state index in [2.05, 4.69) is 9.97 Å². The van der Waals surface area contributed by atoms with Crippen molar-refractivity contribution >= 4 is 11.6 Å². The van der Waals surface area contributed by atoms with Gasteiger partial charge < -0.3 is 4.57 Å². The predicted octanol–water partition coefficient (Wildman–Crippen LogP) is 4.34. The summed E-state index contributed by atoms with van der Waals surface area (Å²) in [5.41, 5.74) is 3.62. The first kappa shape index (κ1) is 13.8. The Bertz CT molecular complexity index is 794. The lowest BCUT2D eigenvalue weighted by molar-refractivity contribution is 0.627. The van der Waals surface area contributed by atoms with Crippen LogP contribution in [0.5, 0.6) is 0 Å². The molecule has 0 atom stereocenters. The fourth-order valence-corrected chi connectivity index (χ4v) is 2.61. The number of aromatic nitrogens is 3. The molecule has 0 N–H and O–H groups in total. The molecule has 3 rings (SSSR count). The molecule has 0 fully saturated rings. The van der Waals surface area contributed by atoms with Crippen LogP contribution >= 0.6 is 11.6 Å². The van der Waals surface area contributed by atoms with Gasteiger partial charge in [0.2, 0.25) is 0 Å². The van der Waals surface area contributed by atoms with Crippen LogP contribution in [0.25, 0.3) is 16.9 Å². The first-order chi connectivity index (χ1) is 10.1. The maximum absolute atomic E-state index is 13.1. The van der Waals surface area contributed by atoms with E-state index in [1.807, 2.05) is 24.5 Å². The Morgan fingerprint density at radius 3 is 2.48 bits per heavy atom. The van der Waals surface area contributed by atoms with Crippen LogP contribution in [0.3, 0.4) is 0 Å². The van der Waals surface area contributed by atoms with Crippen molar-refractivity contribution < 1.29 is 4.39 Å². The van der Waals surface area contributed by atoms with E-state index in [0.29, 0.717) is 5.15 Å². The van der Waals surface area contributed by atoms with Gasteiger partial charge in [0.15, 0.2) is 0 Å². The Balaban J connectivity index is 2.14. The standard InChI is InChI=1S/C16H13ClFN3/c1-10-16(12-7-8-19-15(17)9-12)20-11(2)21(10)14-5-3-13(18)4-6-14/h3-9H,1-2H3. The lowest BCUT2D eigenvalue weighted by Crippen LogP contribution is -1.99. The van der Waals surface area contributed by atoms with E-state index < -0.39 is 0 Å². The third-order valence-corrected chi connectivity index (χ3v) is 3.57. The van der Waals surface area contributed by atoms with Gasteiger partial charge in [0.1, 0.15) is 16.8 Å². The van der Waals surface area contributed by atoms with Crippen molar-refractivity contribution in [2.45, 2.75) is 13.8 Å². The molecule has 2 heterocycles. The van der Waals surface area contributed by atoms with E-state index in [1.165, 1.54) is 12.1 Å². The zero-order valence-corrected chi connectivity index (χ0v) is 12.4. The minimum Gasteiger partial charge on any atom is -0.301 e. The van der Waals surface area contributed by atoms with Crippen LogP contribution in [0.4, 0.5) is 4.39 Å². The molecule has 3 nitrogen and oxygen atoms in total. The molecular formula is C16H13ClFN3. The third kappa shape index (κ3) is 2.54. The smallest absolute Gasteiger partial charge is 0.129 e. The lowest BCUT2D eigenvalue weighted by atomic mass is 10.1. The maximum Gasteiger partial charge on any atom is 0.129 e. The van der Waals surface area contributed by atoms with Crippen LogP contribution in [0.15, 0.2) is 42.6 Å². The number of halogens is 2. The molecule has 1 aromatic carbocycles. The maximum atomic E-state index is 13.1. The normalized spacial score (nSPS) is 10.9. The summed E-state index contributed by atoms with van der Waals surface area (Å²) in [4.78, 5) is 8.58. The Morgan fingerprint density at radius 2 is 1.81 bits per heavy atom. The van der Waals surface area contributed by atoms with Gasteiger partial charge in [-0.1, -0.05) is 11.6 Å². The van der Waals surface area contributed by atoms with Gasteiger partial charge in [-0.2, -0.15) is 0 Å². The number of nitrogens with zero attached hydrogens (tertiary/aromatic N) is 3. The second-order valence-electron chi connectivity index (χ2n) is 4.77. The van der Waals surface area contributed by atoms with E-state index in [1.54, 1.807) is 24.4 Å². The Kier molecular flexibility index (Phi) is 3.47. The van der Waals surface area contributed by atoms with Crippen molar-refractivity contribution in [3.05, 3.63) is 65.1 Å². The molecule has 106 valence electrons. The molecule has 0 bridgehead atoms. The van der Waals surface area contributed by atoms with E-state index in [9.17, 15) is 4.39 Å². The monoisotopic (exact) mass is 301 g/mol. The fourth-order valence-electron chi connectivity index (χ4n) is 2.44. The molecule has 0 saturated carbocycles.